The number of benzene rings is 3. The quantitative estimate of drug-likeness (QED) is 0.275. The molecule has 0 bridgehead atoms. The number of hydrogen-bond donors (Lipinski definition) is 0. The second kappa shape index (κ2) is 8.23. The van der Waals surface area contributed by atoms with Gasteiger partial charge >= 0.3 is 0 Å². The smallest absolute Gasteiger partial charge is 0.258 e. The average Bonchev–Trinajstić information content (AvgIpc) is 3.10. The number of non-ortho nitro benzene ring substituents is 1. The Morgan fingerprint density at radius 1 is 0.844 bits per heavy atom. The zero-order valence-corrected chi connectivity index (χ0v) is 19.6. The Morgan fingerprint density at radius 3 is 1.84 bits per heavy atom. The Balaban J connectivity index is 1.86. The first-order valence-corrected chi connectivity index (χ1v) is 11.0. The van der Waals surface area contributed by atoms with Gasteiger partial charge in [0.05, 0.1) is 4.92 Å². The number of aryl methyl sites for hydroxylation is 6. The number of anilines is 1. The molecule has 5 nitrogen and oxygen atoms in total. The SMILES string of the molecule is Cc1cc(C)c(N2C=[N+](c3c(C)cc(C)cc3C)CC2c2ccc([N+](=O)[O-])cc2)c(C)c1. The van der Waals surface area contributed by atoms with Crippen LogP contribution in [-0.4, -0.2) is 22.4 Å². The molecule has 1 aliphatic heterocycles. The van der Waals surface area contributed by atoms with Crippen molar-refractivity contribution in [3.05, 3.63) is 97.6 Å². The van der Waals surface area contributed by atoms with E-state index in [9.17, 15) is 10.1 Å². The van der Waals surface area contributed by atoms with Crippen LogP contribution >= 0.6 is 0 Å². The Morgan fingerprint density at radius 2 is 1.34 bits per heavy atom. The topological polar surface area (TPSA) is 49.4 Å². The highest BCUT2D eigenvalue weighted by Gasteiger charge is 2.38. The maximum absolute atomic E-state index is 11.2. The molecule has 32 heavy (non-hydrogen) atoms. The number of nitro benzene ring substituents is 1. The molecular formula is C27H30N3O2+. The predicted molar refractivity (Wildman–Crippen MR) is 130 cm³/mol. The van der Waals surface area contributed by atoms with Gasteiger partial charge in [-0.1, -0.05) is 35.4 Å². The molecule has 1 heterocycles. The van der Waals surface area contributed by atoms with E-state index in [1.807, 2.05) is 12.1 Å². The van der Waals surface area contributed by atoms with E-state index >= 15 is 0 Å². The number of hydrogen-bond acceptors (Lipinski definition) is 3. The van der Waals surface area contributed by atoms with Crippen molar-refractivity contribution in [3.63, 3.8) is 0 Å². The van der Waals surface area contributed by atoms with E-state index in [1.165, 1.54) is 44.8 Å². The molecule has 3 aromatic carbocycles. The van der Waals surface area contributed by atoms with Gasteiger partial charge in [0.2, 0.25) is 6.34 Å². The Bertz CT molecular complexity index is 1200. The van der Waals surface area contributed by atoms with E-state index in [1.54, 1.807) is 12.1 Å². The molecule has 5 heteroatoms. The van der Waals surface area contributed by atoms with Crippen LogP contribution in [0, 0.1) is 51.7 Å². The molecule has 0 saturated carbocycles. The molecule has 0 spiro atoms. The maximum atomic E-state index is 11.2. The van der Waals surface area contributed by atoms with Gasteiger partial charge in [-0.15, -0.1) is 0 Å². The molecule has 0 aromatic heterocycles. The lowest BCUT2D eigenvalue weighted by atomic mass is 10.00. The molecule has 0 N–H and O–H groups in total. The summed E-state index contributed by atoms with van der Waals surface area (Å²) in [7, 11) is 0. The summed E-state index contributed by atoms with van der Waals surface area (Å²) in [6.07, 6.45) is 2.21. The summed E-state index contributed by atoms with van der Waals surface area (Å²) in [5, 5.41) is 11.2. The zero-order valence-electron chi connectivity index (χ0n) is 19.6. The van der Waals surface area contributed by atoms with E-state index in [2.05, 4.69) is 81.6 Å². The number of nitro groups is 1. The van der Waals surface area contributed by atoms with Gasteiger partial charge in [0, 0.05) is 17.7 Å². The molecular weight excluding hydrogens is 398 g/mol. The maximum Gasteiger partial charge on any atom is 0.269 e. The normalized spacial score (nSPS) is 15.8. The fraction of sp³-hybridized carbons (Fsp3) is 0.296. The van der Waals surface area contributed by atoms with E-state index in [0.29, 0.717) is 0 Å². The van der Waals surface area contributed by atoms with Gasteiger partial charge in [-0.2, -0.15) is 0 Å². The number of nitrogens with zero attached hydrogens (tertiary/aromatic N) is 3. The largest absolute Gasteiger partial charge is 0.269 e. The summed E-state index contributed by atoms with van der Waals surface area (Å²) in [5.74, 6) is 0. The zero-order chi connectivity index (χ0) is 23.2. The minimum absolute atomic E-state index is 0.0519. The summed E-state index contributed by atoms with van der Waals surface area (Å²) in [5.41, 5.74) is 11.1. The molecule has 4 rings (SSSR count). The molecule has 0 aliphatic carbocycles. The van der Waals surface area contributed by atoms with Crippen LogP contribution in [0.2, 0.25) is 0 Å². The lowest BCUT2D eigenvalue weighted by Crippen LogP contribution is -2.25. The summed E-state index contributed by atoms with van der Waals surface area (Å²) >= 11 is 0. The second-order valence-electron chi connectivity index (χ2n) is 9.03. The van der Waals surface area contributed by atoms with Gasteiger partial charge in [0.25, 0.3) is 5.69 Å². The summed E-state index contributed by atoms with van der Waals surface area (Å²) < 4.78 is 2.33. The highest BCUT2D eigenvalue weighted by atomic mass is 16.6. The first-order valence-electron chi connectivity index (χ1n) is 11.0. The molecule has 0 saturated heterocycles. The molecule has 164 valence electrons. The summed E-state index contributed by atoms with van der Waals surface area (Å²) in [6, 6.07) is 15.9. The average molecular weight is 429 g/mol. The van der Waals surface area contributed by atoms with Crippen LogP contribution in [0.1, 0.15) is 45.0 Å². The van der Waals surface area contributed by atoms with Gasteiger partial charge in [0.15, 0.2) is 6.04 Å². The number of rotatable bonds is 4. The second-order valence-corrected chi connectivity index (χ2v) is 9.03. The first-order chi connectivity index (χ1) is 15.2. The molecule has 1 atom stereocenters. The van der Waals surface area contributed by atoms with Gasteiger partial charge in [-0.25, -0.2) is 9.48 Å². The van der Waals surface area contributed by atoms with Crippen molar-refractivity contribution in [1.29, 1.82) is 0 Å². The van der Waals surface area contributed by atoms with Crippen molar-refractivity contribution in [2.24, 2.45) is 0 Å². The van der Waals surface area contributed by atoms with Crippen LogP contribution in [0.4, 0.5) is 17.1 Å². The van der Waals surface area contributed by atoms with Crippen LogP contribution in [0.5, 0.6) is 0 Å². The Kier molecular flexibility index (Phi) is 5.59. The molecule has 1 unspecified atom stereocenters. The molecule has 0 radical (unpaired) electrons. The molecule has 3 aromatic rings. The van der Waals surface area contributed by atoms with Gasteiger partial charge in [-0.3, -0.25) is 10.1 Å². The molecule has 0 fully saturated rings. The van der Waals surface area contributed by atoms with Crippen molar-refractivity contribution in [2.75, 3.05) is 11.4 Å². The van der Waals surface area contributed by atoms with Gasteiger partial charge in [0.1, 0.15) is 17.9 Å². The third-order valence-electron chi connectivity index (χ3n) is 6.27. The molecule has 1 aliphatic rings. The van der Waals surface area contributed by atoms with Crippen molar-refractivity contribution >= 4 is 23.4 Å². The lowest BCUT2D eigenvalue weighted by Gasteiger charge is -2.21. The Hall–Kier alpha value is -3.47. The van der Waals surface area contributed by atoms with E-state index in [-0.39, 0.29) is 16.7 Å². The minimum atomic E-state index is -0.345. The third kappa shape index (κ3) is 3.91. The van der Waals surface area contributed by atoms with Crippen molar-refractivity contribution in [3.8, 4) is 0 Å². The van der Waals surface area contributed by atoms with Crippen LogP contribution in [0.15, 0.2) is 48.5 Å². The Labute approximate surface area is 189 Å². The van der Waals surface area contributed by atoms with Crippen LogP contribution < -0.4 is 4.90 Å². The summed E-state index contributed by atoms with van der Waals surface area (Å²) in [4.78, 5) is 13.2. The molecule has 0 amide bonds. The van der Waals surface area contributed by atoms with E-state index in [4.69, 9.17) is 0 Å². The predicted octanol–water partition coefficient (Wildman–Crippen LogP) is 6.38. The third-order valence-corrected chi connectivity index (χ3v) is 6.27. The fourth-order valence-electron chi connectivity index (χ4n) is 5.20. The standard InChI is InChI=1S/C27H30N3O2/c1-17-11-19(3)26(20(4)12-17)28-15-25(23-7-9-24(10-8-23)30(31)32)29(16-28)27-21(5)13-18(2)14-22(27)6/h7-14,16,25H,15H2,1-6H3/q+1. The first kappa shape index (κ1) is 21.8. The van der Waals surface area contributed by atoms with Crippen LogP contribution in [0.25, 0.3) is 0 Å². The van der Waals surface area contributed by atoms with E-state index in [0.717, 1.165) is 12.1 Å². The van der Waals surface area contributed by atoms with Gasteiger partial charge in [-0.05, 0) is 75.9 Å². The minimum Gasteiger partial charge on any atom is -0.258 e. The van der Waals surface area contributed by atoms with Gasteiger partial charge < -0.3 is 0 Å². The highest BCUT2D eigenvalue weighted by molar-refractivity contribution is 5.83. The van der Waals surface area contributed by atoms with Crippen LogP contribution in [-0.2, 0) is 0 Å². The summed E-state index contributed by atoms with van der Waals surface area (Å²) in [6.45, 7) is 13.7. The monoisotopic (exact) mass is 428 g/mol. The fourth-order valence-corrected chi connectivity index (χ4v) is 5.20. The van der Waals surface area contributed by atoms with Crippen molar-refractivity contribution in [2.45, 2.75) is 47.6 Å². The lowest BCUT2D eigenvalue weighted by molar-refractivity contribution is -0.430. The van der Waals surface area contributed by atoms with E-state index < -0.39 is 0 Å². The van der Waals surface area contributed by atoms with Crippen LogP contribution in [0.3, 0.4) is 0 Å². The highest BCUT2D eigenvalue weighted by Crippen LogP contribution is 2.38. The van der Waals surface area contributed by atoms with Crippen molar-refractivity contribution < 1.29 is 9.50 Å². The van der Waals surface area contributed by atoms with Crippen molar-refractivity contribution in [1.82, 2.24) is 0 Å².